The van der Waals surface area contributed by atoms with E-state index in [9.17, 15) is 19.7 Å². The molecular weight excluding hydrogens is 635 g/mol. The number of non-ortho nitro benzene ring substituents is 1. The molecule has 1 heterocycles. The number of rotatable bonds is 7. The molecule has 2 amide bonds. The van der Waals surface area contributed by atoms with Crippen molar-refractivity contribution >= 4 is 73.2 Å². The van der Waals surface area contributed by atoms with Crippen molar-refractivity contribution in [1.29, 1.82) is 0 Å². The number of nitro benzene ring substituents is 1. The molecule has 1 aliphatic heterocycles. The normalized spacial score (nSPS) is 14.6. The number of imide groups is 1. The zero-order chi connectivity index (χ0) is 24.2. The maximum absolute atomic E-state index is 13.0. The van der Waals surface area contributed by atoms with E-state index in [2.05, 4.69) is 38.5 Å². The fourth-order valence-corrected chi connectivity index (χ4v) is 4.80. The Morgan fingerprint density at radius 3 is 2.56 bits per heavy atom. The van der Waals surface area contributed by atoms with Crippen LogP contribution in [0.25, 0.3) is 6.08 Å². The third-order valence-electron chi connectivity index (χ3n) is 4.90. The third kappa shape index (κ3) is 5.86. The Labute approximate surface area is 221 Å². The molecule has 1 saturated heterocycles. The van der Waals surface area contributed by atoms with E-state index in [1.165, 1.54) is 18.2 Å². The summed E-state index contributed by atoms with van der Waals surface area (Å²) in [6.45, 7) is 0.312. The molecule has 0 N–H and O–H groups in total. The maximum atomic E-state index is 13.0. The van der Waals surface area contributed by atoms with E-state index in [1.807, 2.05) is 36.4 Å². The van der Waals surface area contributed by atoms with Gasteiger partial charge in [0.25, 0.3) is 16.8 Å². The van der Waals surface area contributed by atoms with Crippen LogP contribution in [0.3, 0.4) is 0 Å². The van der Waals surface area contributed by atoms with Crippen molar-refractivity contribution < 1.29 is 19.2 Å². The fraction of sp³-hybridized carbons (Fsp3) is 0.0833. The molecule has 0 radical (unpaired) electrons. The second kappa shape index (κ2) is 10.7. The third-order valence-corrected chi connectivity index (χ3v) is 7.02. The molecule has 1 fully saturated rings. The molecule has 0 atom stereocenters. The minimum Gasteiger partial charge on any atom is -0.488 e. The van der Waals surface area contributed by atoms with Crippen LogP contribution < -0.4 is 4.74 Å². The Kier molecular flexibility index (Phi) is 7.69. The van der Waals surface area contributed by atoms with E-state index in [-0.39, 0.29) is 17.1 Å². The van der Waals surface area contributed by atoms with E-state index in [0.717, 1.165) is 30.3 Å². The average molecular weight is 651 g/mol. The van der Waals surface area contributed by atoms with Gasteiger partial charge in [0, 0.05) is 25.7 Å². The molecule has 0 aromatic heterocycles. The Balaban J connectivity index is 1.54. The van der Waals surface area contributed by atoms with Gasteiger partial charge in [0.1, 0.15) is 12.4 Å². The molecule has 3 aromatic rings. The minimum absolute atomic E-state index is 0.0433. The predicted molar refractivity (Wildman–Crippen MR) is 142 cm³/mol. The van der Waals surface area contributed by atoms with Crippen molar-refractivity contribution in [2.24, 2.45) is 0 Å². The molecule has 3 aromatic carbocycles. The van der Waals surface area contributed by atoms with Gasteiger partial charge in [-0.15, -0.1) is 0 Å². The summed E-state index contributed by atoms with van der Waals surface area (Å²) in [5.41, 5.74) is 2.07. The van der Waals surface area contributed by atoms with Gasteiger partial charge in [-0.1, -0.05) is 40.2 Å². The zero-order valence-electron chi connectivity index (χ0n) is 17.4. The van der Waals surface area contributed by atoms with Crippen LogP contribution in [0.1, 0.15) is 16.7 Å². The second-order valence-corrected chi connectivity index (χ2v) is 10.4. The van der Waals surface area contributed by atoms with Gasteiger partial charge in [-0.25, -0.2) is 0 Å². The monoisotopic (exact) mass is 650 g/mol. The molecule has 0 spiro atoms. The molecule has 34 heavy (non-hydrogen) atoms. The van der Waals surface area contributed by atoms with Crippen LogP contribution >= 0.6 is 50.3 Å². The molecule has 7 nitrogen and oxygen atoms in total. The van der Waals surface area contributed by atoms with Crippen LogP contribution in [-0.4, -0.2) is 21.0 Å². The van der Waals surface area contributed by atoms with Crippen molar-refractivity contribution in [3.63, 3.8) is 0 Å². The zero-order valence-corrected chi connectivity index (χ0v) is 22.0. The molecule has 0 unspecified atom stereocenters. The highest BCUT2D eigenvalue weighted by molar-refractivity contribution is 14.1. The van der Waals surface area contributed by atoms with Gasteiger partial charge in [-0.2, -0.15) is 0 Å². The maximum Gasteiger partial charge on any atom is 0.293 e. The summed E-state index contributed by atoms with van der Waals surface area (Å²) in [4.78, 5) is 37.4. The number of amides is 2. The van der Waals surface area contributed by atoms with Crippen molar-refractivity contribution in [3.05, 3.63) is 106 Å². The molecule has 0 saturated carbocycles. The summed E-state index contributed by atoms with van der Waals surface area (Å²) >= 11 is 6.51. The summed E-state index contributed by atoms with van der Waals surface area (Å²) in [6, 6.07) is 19.3. The van der Waals surface area contributed by atoms with Crippen molar-refractivity contribution in [3.8, 4) is 5.75 Å². The molecule has 0 aliphatic carbocycles. The molecule has 172 valence electrons. The van der Waals surface area contributed by atoms with Crippen molar-refractivity contribution in [2.75, 3.05) is 0 Å². The van der Waals surface area contributed by atoms with Gasteiger partial charge in [0.05, 0.1) is 16.4 Å². The van der Waals surface area contributed by atoms with Gasteiger partial charge >= 0.3 is 0 Å². The largest absolute Gasteiger partial charge is 0.488 e. The lowest BCUT2D eigenvalue weighted by molar-refractivity contribution is -0.384. The standard InChI is InChI=1S/C24H16BrIN2O5S/c25-18-6-9-21(33-14-15-4-7-19(26)8-5-15)17(11-18)12-22-23(29)27(24(30)34-22)13-16-2-1-3-20(10-16)28(31)32/h1-12H,13-14H2/b22-12+. The van der Waals surface area contributed by atoms with Crippen LogP contribution in [-0.2, 0) is 17.9 Å². The van der Waals surface area contributed by atoms with Crippen LogP contribution in [0.2, 0.25) is 0 Å². The smallest absolute Gasteiger partial charge is 0.293 e. The summed E-state index contributed by atoms with van der Waals surface area (Å²) < 4.78 is 7.93. The lowest BCUT2D eigenvalue weighted by Gasteiger charge is -2.12. The number of nitro groups is 1. The summed E-state index contributed by atoms with van der Waals surface area (Å²) in [6.07, 6.45) is 1.63. The van der Waals surface area contributed by atoms with Crippen LogP contribution in [0, 0.1) is 13.7 Å². The predicted octanol–water partition coefficient (Wildman–Crippen LogP) is 6.78. The number of carbonyl (C=O) groups excluding carboxylic acids is 2. The molecule has 4 rings (SSSR count). The van der Waals surface area contributed by atoms with Gasteiger partial charge in [-0.3, -0.25) is 24.6 Å². The fourth-order valence-electron chi connectivity index (χ4n) is 3.23. The number of hydrogen-bond acceptors (Lipinski definition) is 6. The minimum atomic E-state index is -0.512. The molecule has 1 aliphatic rings. The number of thioether (sulfide) groups is 1. The van der Waals surface area contributed by atoms with Crippen molar-refractivity contribution in [1.82, 2.24) is 4.90 Å². The molecular formula is C24H16BrIN2O5S. The first kappa shape index (κ1) is 24.4. The van der Waals surface area contributed by atoms with E-state index >= 15 is 0 Å². The highest BCUT2D eigenvalue weighted by Crippen LogP contribution is 2.36. The number of halogens is 2. The quantitative estimate of drug-likeness (QED) is 0.121. The number of nitrogens with zero attached hydrogens (tertiary/aromatic N) is 2. The second-order valence-electron chi connectivity index (χ2n) is 7.29. The highest BCUT2D eigenvalue weighted by Gasteiger charge is 2.35. The summed E-state index contributed by atoms with van der Waals surface area (Å²) in [5.74, 6) is 0.122. The highest BCUT2D eigenvalue weighted by atomic mass is 127. The summed E-state index contributed by atoms with van der Waals surface area (Å²) in [7, 11) is 0. The average Bonchev–Trinajstić information content (AvgIpc) is 3.07. The van der Waals surface area contributed by atoms with E-state index in [0.29, 0.717) is 23.5 Å². The Morgan fingerprint density at radius 1 is 1.06 bits per heavy atom. The first-order valence-corrected chi connectivity index (χ1v) is 12.6. The lowest BCUT2D eigenvalue weighted by atomic mass is 10.1. The van der Waals surface area contributed by atoms with E-state index < -0.39 is 16.1 Å². The first-order valence-electron chi connectivity index (χ1n) is 9.95. The lowest BCUT2D eigenvalue weighted by Crippen LogP contribution is -2.27. The number of benzene rings is 3. The Bertz CT molecular complexity index is 1310. The topological polar surface area (TPSA) is 89.8 Å². The van der Waals surface area contributed by atoms with Crippen LogP contribution in [0.5, 0.6) is 5.75 Å². The number of carbonyl (C=O) groups is 2. The van der Waals surface area contributed by atoms with Crippen LogP contribution in [0.15, 0.2) is 76.1 Å². The van der Waals surface area contributed by atoms with Gasteiger partial charge in [0.15, 0.2) is 0 Å². The number of hydrogen-bond donors (Lipinski definition) is 0. The summed E-state index contributed by atoms with van der Waals surface area (Å²) in [5, 5.41) is 10.6. The van der Waals surface area contributed by atoms with E-state index in [1.54, 1.807) is 18.2 Å². The molecule has 0 bridgehead atoms. The van der Waals surface area contributed by atoms with Gasteiger partial charge in [-0.05, 0) is 81.9 Å². The van der Waals surface area contributed by atoms with Gasteiger partial charge < -0.3 is 4.74 Å². The Hall–Kier alpha value is -2.70. The Morgan fingerprint density at radius 2 is 1.82 bits per heavy atom. The van der Waals surface area contributed by atoms with Gasteiger partial charge in [0.2, 0.25) is 0 Å². The van der Waals surface area contributed by atoms with Crippen molar-refractivity contribution in [2.45, 2.75) is 13.2 Å². The SMILES string of the molecule is O=C1S/C(=C/c2cc(Br)ccc2OCc2ccc(I)cc2)C(=O)N1Cc1cccc([N+](=O)[O-])c1. The number of ether oxygens (including phenoxy) is 1. The van der Waals surface area contributed by atoms with E-state index in [4.69, 9.17) is 4.74 Å². The van der Waals surface area contributed by atoms with Crippen LogP contribution in [0.4, 0.5) is 10.5 Å². The first-order chi connectivity index (χ1) is 16.3. The molecule has 10 heteroatoms.